The van der Waals surface area contributed by atoms with Gasteiger partial charge in [0.25, 0.3) is 11.5 Å². The molecule has 2 aliphatic rings. The van der Waals surface area contributed by atoms with E-state index in [4.69, 9.17) is 12.2 Å². The molecule has 0 atom stereocenters. The average molecular weight is 524 g/mol. The quantitative estimate of drug-likeness (QED) is 0.323. The molecule has 0 spiro atoms. The lowest BCUT2D eigenvalue weighted by atomic mass is 10.0. The summed E-state index contributed by atoms with van der Waals surface area (Å²) >= 11 is 6.59. The van der Waals surface area contributed by atoms with E-state index in [1.165, 1.54) is 28.8 Å². The van der Waals surface area contributed by atoms with E-state index >= 15 is 0 Å². The number of aromatic nitrogens is 1. The summed E-state index contributed by atoms with van der Waals surface area (Å²) in [6, 6.07) is 8.46. The van der Waals surface area contributed by atoms with Gasteiger partial charge in [0.1, 0.15) is 27.6 Å². The van der Waals surface area contributed by atoms with E-state index in [9.17, 15) is 19.2 Å². The number of nitrogens with zero attached hydrogens (tertiary/aromatic N) is 5. The summed E-state index contributed by atoms with van der Waals surface area (Å²) in [4.78, 5) is 32.5. The molecule has 36 heavy (non-hydrogen) atoms. The van der Waals surface area contributed by atoms with Crippen LogP contribution in [0.1, 0.15) is 23.6 Å². The lowest BCUT2D eigenvalue weighted by molar-refractivity contribution is -0.121. The summed E-state index contributed by atoms with van der Waals surface area (Å²) in [5.74, 6) is 0.191. The van der Waals surface area contributed by atoms with E-state index in [1.54, 1.807) is 35.8 Å². The molecule has 4 rings (SSSR count). The molecular weight excluding hydrogens is 497 g/mol. The number of amides is 1. The van der Waals surface area contributed by atoms with Crippen molar-refractivity contribution in [3.8, 4) is 6.07 Å². The molecule has 2 saturated heterocycles. The molecule has 0 radical (unpaired) electrons. The number of pyridine rings is 1. The van der Waals surface area contributed by atoms with Gasteiger partial charge in [-0.3, -0.25) is 19.1 Å². The number of thioether (sulfide) groups is 1. The van der Waals surface area contributed by atoms with Crippen molar-refractivity contribution in [3.63, 3.8) is 0 Å². The van der Waals surface area contributed by atoms with Gasteiger partial charge in [-0.25, -0.2) is 4.39 Å². The molecule has 186 valence electrons. The molecular formula is C26H26FN5O2S2. The molecule has 7 nitrogen and oxygen atoms in total. The molecule has 0 N–H and O–H groups in total. The predicted octanol–water partition coefficient (Wildman–Crippen LogP) is 3.90. The average Bonchev–Trinajstić information content (AvgIpc) is 3.14. The zero-order chi connectivity index (χ0) is 26.0. The number of halogens is 1. The summed E-state index contributed by atoms with van der Waals surface area (Å²) in [6.07, 6.45) is 3.38. The molecule has 0 aliphatic carbocycles. The van der Waals surface area contributed by atoms with E-state index in [0.717, 1.165) is 5.69 Å². The third kappa shape index (κ3) is 4.68. The Kier molecular flexibility index (Phi) is 7.62. The summed E-state index contributed by atoms with van der Waals surface area (Å²) in [6.45, 7) is 10.6. The van der Waals surface area contributed by atoms with Crippen LogP contribution in [0.25, 0.3) is 6.08 Å². The number of thiocarbonyl (C=S) groups is 1. The fourth-order valence-electron chi connectivity index (χ4n) is 4.52. The Labute approximate surface area is 219 Å². The maximum Gasteiger partial charge on any atom is 0.270 e. The molecule has 1 aromatic heterocycles. The third-order valence-corrected chi connectivity index (χ3v) is 7.77. The fraction of sp³-hybridized carbons (Fsp3) is 0.308. The van der Waals surface area contributed by atoms with Crippen molar-refractivity contribution in [1.82, 2.24) is 9.47 Å². The Morgan fingerprint density at radius 2 is 1.81 bits per heavy atom. The second-order valence-corrected chi connectivity index (χ2v) is 10.1. The van der Waals surface area contributed by atoms with Crippen LogP contribution in [0.3, 0.4) is 0 Å². The molecule has 10 heteroatoms. The standard InChI is InChI=1S/C26H26FN5O2S2/c1-4-10-32-25(34)22(36-26(32)35)15-20-17(3)21(16-28)24(33)31(5-2)23(20)30-13-11-29(12-14-30)19-8-6-18(27)7-9-19/h4,6-9,15H,1,5,10-14H2,2-3H3/b22-15+. The van der Waals surface area contributed by atoms with Crippen molar-refractivity contribution >= 4 is 51.8 Å². The zero-order valence-electron chi connectivity index (χ0n) is 20.2. The van der Waals surface area contributed by atoms with Gasteiger partial charge in [-0.2, -0.15) is 5.26 Å². The Morgan fingerprint density at radius 1 is 1.17 bits per heavy atom. The van der Waals surface area contributed by atoms with Crippen LogP contribution in [-0.2, 0) is 11.3 Å². The van der Waals surface area contributed by atoms with Gasteiger partial charge in [0.2, 0.25) is 0 Å². The summed E-state index contributed by atoms with van der Waals surface area (Å²) < 4.78 is 15.4. The van der Waals surface area contributed by atoms with Crippen LogP contribution in [0.2, 0.25) is 0 Å². The molecule has 0 saturated carbocycles. The normalized spacial score (nSPS) is 17.2. The third-order valence-electron chi connectivity index (χ3n) is 6.39. The molecule has 1 aromatic carbocycles. The van der Waals surface area contributed by atoms with Gasteiger partial charge < -0.3 is 9.80 Å². The van der Waals surface area contributed by atoms with Crippen molar-refractivity contribution in [2.24, 2.45) is 0 Å². The SMILES string of the molecule is C=CCN1C(=O)/C(=C\c2c(C)c(C#N)c(=O)n(CC)c2N2CCN(c3ccc(F)cc3)CC2)SC1=S. The predicted molar refractivity (Wildman–Crippen MR) is 147 cm³/mol. The highest BCUT2D eigenvalue weighted by Crippen LogP contribution is 2.36. The Bertz CT molecular complexity index is 1350. The minimum absolute atomic E-state index is 0.0679. The molecule has 0 unspecified atom stereocenters. The molecule has 2 aliphatic heterocycles. The number of carbonyl (C=O) groups is 1. The molecule has 3 heterocycles. The zero-order valence-corrected chi connectivity index (χ0v) is 21.8. The van der Waals surface area contributed by atoms with E-state index in [0.29, 0.717) is 65.4 Å². The van der Waals surface area contributed by atoms with E-state index < -0.39 is 0 Å². The number of piperazine rings is 1. The van der Waals surface area contributed by atoms with Crippen LogP contribution in [-0.4, -0.2) is 52.4 Å². The molecule has 0 bridgehead atoms. The van der Waals surface area contributed by atoms with Gasteiger partial charge in [0, 0.05) is 50.5 Å². The number of rotatable bonds is 6. The maximum absolute atomic E-state index is 13.4. The van der Waals surface area contributed by atoms with Gasteiger partial charge in [-0.1, -0.05) is 30.1 Å². The Hall–Kier alpha value is -3.42. The lowest BCUT2D eigenvalue weighted by Gasteiger charge is -2.39. The highest BCUT2D eigenvalue weighted by molar-refractivity contribution is 8.26. The first-order valence-corrected chi connectivity index (χ1v) is 12.8. The number of hydrogen-bond donors (Lipinski definition) is 0. The number of benzene rings is 1. The monoisotopic (exact) mass is 523 g/mol. The number of hydrogen-bond acceptors (Lipinski definition) is 7. The van der Waals surface area contributed by atoms with Crippen LogP contribution in [0, 0.1) is 24.1 Å². The van der Waals surface area contributed by atoms with E-state index in [-0.39, 0.29) is 22.8 Å². The largest absolute Gasteiger partial charge is 0.368 e. The van der Waals surface area contributed by atoms with E-state index in [2.05, 4.69) is 22.4 Å². The molecule has 2 fully saturated rings. The Balaban J connectivity index is 1.76. The second kappa shape index (κ2) is 10.7. The Morgan fingerprint density at radius 3 is 2.39 bits per heavy atom. The minimum atomic E-state index is -0.343. The lowest BCUT2D eigenvalue weighted by Crippen LogP contribution is -2.48. The van der Waals surface area contributed by atoms with Crippen LogP contribution in [0.4, 0.5) is 15.9 Å². The van der Waals surface area contributed by atoms with Gasteiger partial charge in [0.15, 0.2) is 0 Å². The number of carbonyl (C=O) groups excluding carboxylic acids is 1. The highest BCUT2D eigenvalue weighted by atomic mass is 32.2. The van der Waals surface area contributed by atoms with Gasteiger partial charge >= 0.3 is 0 Å². The highest BCUT2D eigenvalue weighted by Gasteiger charge is 2.33. The van der Waals surface area contributed by atoms with Crippen molar-refractivity contribution < 1.29 is 9.18 Å². The van der Waals surface area contributed by atoms with Crippen LogP contribution >= 0.6 is 24.0 Å². The van der Waals surface area contributed by atoms with E-state index in [1.807, 2.05) is 6.92 Å². The summed E-state index contributed by atoms with van der Waals surface area (Å²) in [5.41, 5.74) is 1.87. The first-order valence-electron chi connectivity index (χ1n) is 11.6. The minimum Gasteiger partial charge on any atom is -0.368 e. The first-order chi connectivity index (χ1) is 17.3. The maximum atomic E-state index is 13.4. The summed E-state index contributed by atoms with van der Waals surface area (Å²) in [7, 11) is 0. The molecule has 1 amide bonds. The number of anilines is 2. The van der Waals surface area contributed by atoms with Crippen molar-refractivity contribution in [1.29, 1.82) is 5.26 Å². The van der Waals surface area contributed by atoms with Gasteiger partial charge in [-0.15, -0.1) is 6.58 Å². The second-order valence-electron chi connectivity index (χ2n) is 8.43. The first kappa shape index (κ1) is 25.7. The summed E-state index contributed by atoms with van der Waals surface area (Å²) in [5, 5.41) is 9.75. The smallest absolute Gasteiger partial charge is 0.270 e. The van der Waals surface area contributed by atoms with Gasteiger partial charge in [0.05, 0.1) is 4.91 Å². The molecule has 2 aromatic rings. The van der Waals surface area contributed by atoms with Crippen molar-refractivity contribution in [3.05, 3.63) is 74.7 Å². The fourth-order valence-corrected chi connectivity index (χ4v) is 5.78. The van der Waals surface area contributed by atoms with Crippen LogP contribution in [0.5, 0.6) is 0 Å². The topological polar surface area (TPSA) is 72.6 Å². The van der Waals surface area contributed by atoms with Crippen molar-refractivity contribution in [2.45, 2.75) is 20.4 Å². The van der Waals surface area contributed by atoms with Crippen LogP contribution < -0.4 is 15.4 Å². The number of nitriles is 1. The van der Waals surface area contributed by atoms with Gasteiger partial charge in [-0.05, 0) is 49.8 Å². The van der Waals surface area contributed by atoms with Crippen LogP contribution in [0.15, 0.2) is 46.6 Å². The van der Waals surface area contributed by atoms with Crippen molar-refractivity contribution in [2.75, 3.05) is 42.5 Å².